The maximum absolute atomic E-state index is 12.8. The average Bonchev–Trinajstić information content (AvgIpc) is 3.02. The van der Waals surface area contributed by atoms with Crippen LogP contribution in [0.1, 0.15) is 40.5 Å². The van der Waals surface area contributed by atoms with Crippen molar-refractivity contribution in [2.75, 3.05) is 23.4 Å². The number of esters is 1. The molecule has 0 radical (unpaired) electrons. The molecule has 0 unspecified atom stereocenters. The molecule has 4 rings (SSSR count). The molecular weight excluding hydrogens is 380 g/mol. The van der Waals surface area contributed by atoms with E-state index in [4.69, 9.17) is 4.74 Å². The Balaban J connectivity index is 1.42. The van der Waals surface area contributed by atoms with Crippen molar-refractivity contribution < 1.29 is 19.1 Å². The summed E-state index contributed by atoms with van der Waals surface area (Å²) < 4.78 is 5.18. The molecule has 0 aromatic heterocycles. The zero-order chi connectivity index (χ0) is 21.1. The summed E-state index contributed by atoms with van der Waals surface area (Å²) in [6, 6.07) is 17.8. The summed E-state index contributed by atoms with van der Waals surface area (Å²) in [6.45, 7) is 2.33. The van der Waals surface area contributed by atoms with Crippen molar-refractivity contribution in [1.82, 2.24) is 0 Å². The fourth-order valence-corrected chi connectivity index (χ4v) is 3.56. The number of ether oxygens (including phenoxy) is 1. The number of benzene rings is 3. The van der Waals surface area contributed by atoms with E-state index in [-0.39, 0.29) is 24.3 Å². The van der Waals surface area contributed by atoms with Gasteiger partial charge < -0.3 is 10.1 Å². The van der Waals surface area contributed by atoms with E-state index in [1.54, 1.807) is 30.3 Å². The molecule has 6 heteroatoms. The van der Waals surface area contributed by atoms with Crippen LogP contribution in [0.15, 0.2) is 60.7 Å². The van der Waals surface area contributed by atoms with E-state index in [0.29, 0.717) is 23.4 Å². The van der Waals surface area contributed by atoms with Gasteiger partial charge >= 0.3 is 5.97 Å². The second kappa shape index (κ2) is 8.37. The van der Waals surface area contributed by atoms with Gasteiger partial charge in [0.15, 0.2) is 0 Å². The minimum Gasteiger partial charge on any atom is -0.462 e. The number of anilines is 2. The predicted molar refractivity (Wildman–Crippen MR) is 116 cm³/mol. The normalized spacial score (nSPS) is 12.3. The Kier molecular flexibility index (Phi) is 5.48. The first-order valence-corrected chi connectivity index (χ1v) is 9.99. The molecule has 0 fully saturated rings. The molecule has 0 bridgehead atoms. The van der Waals surface area contributed by atoms with Crippen molar-refractivity contribution in [2.24, 2.45) is 0 Å². The van der Waals surface area contributed by atoms with Gasteiger partial charge in [0, 0.05) is 16.6 Å². The summed E-state index contributed by atoms with van der Waals surface area (Å²) in [5, 5.41) is 4.63. The van der Waals surface area contributed by atoms with Crippen LogP contribution in [0.3, 0.4) is 0 Å². The van der Waals surface area contributed by atoms with E-state index in [1.807, 2.05) is 37.3 Å². The summed E-state index contributed by atoms with van der Waals surface area (Å²) in [7, 11) is 0. The molecule has 0 saturated heterocycles. The molecule has 1 aliphatic rings. The molecule has 152 valence electrons. The molecule has 3 aromatic carbocycles. The first-order chi connectivity index (χ1) is 14.6. The highest BCUT2D eigenvalue weighted by Gasteiger charge is 2.30. The van der Waals surface area contributed by atoms with Crippen LogP contribution in [-0.4, -0.2) is 30.9 Å². The number of carbonyl (C=O) groups is 3. The summed E-state index contributed by atoms with van der Waals surface area (Å²) in [5.41, 5.74) is 2.34. The Morgan fingerprint density at radius 2 is 1.73 bits per heavy atom. The Bertz CT molecular complexity index is 1120. The number of nitrogens with zero attached hydrogens (tertiary/aromatic N) is 1. The van der Waals surface area contributed by atoms with E-state index in [2.05, 4.69) is 5.32 Å². The summed E-state index contributed by atoms with van der Waals surface area (Å²) in [5.74, 6) is -0.872. The van der Waals surface area contributed by atoms with Crippen molar-refractivity contribution in [1.29, 1.82) is 0 Å². The van der Waals surface area contributed by atoms with E-state index >= 15 is 0 Å². The molecule has 3 aromatic rings. The minimum absolute atomic E-state index is 0.0898. The molecule has 1 heterocycles. The number of nitrogens with one attached hydrogen (secondary N) is 1. The van der Waals surface area contributed by atoms with Crippen LogP contribution in [0.5, 0.6) is 0 Å². The summed E-state index contributed by atoms with van der Waals surface area (Å²) in [6.07, 6.45) is 1.78. The smallest absolute Gasteiger partial charge is 0.338 e. The molecule has 0 spiro atoms. The monoisotopic (exact) mass is 402 g/mol. The Hall–Kier alpha value is -3.67. The van der Waals surface area contributed by atoms with Crippen LogP contribution in [0.25, 0.3) is 10.8 Å². The third-order valence-electron chi connectivity index (χ3n) is 5.09. The Morgan fingerprint density at radius 1 is 1.00 bits per heavy atom. The fraction of sp³-hybridized carbons (Fsp3) is 0.208. The van der Waals surface area contributed by atoms with Crippen LogP contribution in [0, 0.1) is 0 Å². The van der Waals surface area contributed by atoms with Crippen LogP contribution in [-0.2, 0) is 9.53 Å². The molecule has 1 aliphatic heterocycles. The quantitative estimate of drug-likeness (QED) is 0.470. The molecule has 0 atom stereocenters. The van der Waals surface area contributed by atoms with Crippen molar-refractivity contribution in [3.63, 3.8) is 0 Å². The maximum Gasteiger partial charge on any atom is 0.338 e. The third kappa shape index (κ3) is 3.76. The zero-order valence-electron chi connectivity index (χ0n) is 16.7. The van der Waals surface area contributed by atoms with E-state index in [0.717, 1.165) is 29.3 Å². The van der Waals surface area contributed by atoms with E-state index in [9.17, 15) is 14.4 Å². The van der Waals surface area contributed by atoms with Gasteiger partial charge in [0.05, 0.1) is 17.9 Å². The Morgan fingerprint density at radius 3 is 2.47 bits per heavy atom. The molecule has 6 nitrogen and oxygen atoms in total. The van der Waals surface area contributed by atoms with Gasteiger partial charge in [-0.2, -0.15) is 0 Å². The topological polar surface area (TPSA) is 75.7 Å². The van der Waals surface area contributed by atoms with Crippen molar-refractivity contribution >= 4 is 39.9 Å². The van der Waals surface area contributed by atoms with Gasteiger partial charge in [0.25, 0.3) is 5.91 Å². The summed E-state index contributed by atoms with van der Waals surface area (Å²) in [4.78, 5) is 38.8. The molecule has 30 heavy (non-hydrogen) atoms. The van der Waals surface area contributed by atoms with Gasteiger partial charge in [-0.05, 0) is 48.2 Å². The van der Waals surface area contributed by atoms with Crippen LogP contribution >= 0.6 is 0 Å². The first-order valence-electron chi connectivity index (χ1n) is 9.99. The maximum atomic E-state index is 12.8. The van der Waals surface area contributed by atoms with Gasteiger partial charge in [-0.15, -0.1) is 0 Å². The lowest BCUT2D eigenvalue weighted by Gasteiger charge is -2.17. The Labute approximate surface area is 174 Å². The number of hydrogen-bond donors (Lipinski definition) is 1. The van der Waals surface area contributed by atoms with Gasteiger partial charge in [-0.1, -0.05) is 37.6 Å². The summed E-state index contributed by atoms with van der Waals surface area (Å²) >= 11 is 0. The minimum atomic E-state index is -0.380. The highest BCUT2D eigenvalue weighted by Crippen LogP contribution is 2.36. The van der Waals surface area contributed by atoms with Crippen molar-refractivity contribution in [2.45, 2.75) is 19.8 Å². The number of hydrogen-bond acceptors (Lipinski definition) is 4. The standard InChI is InChI=1S/C24H22N2O4/c1-2-3-14-30-24(29)17-10-12-18(13-11-17)25-21(27)15-26-20-9-5-7-16-6-4-8-19(22(16)20)23(26)28/h4-13H,2-3,14-15H2,1H3,(H,25,27). The largest absolute Gasteiger partial charge is 0.462 e. The number of carbonyl (C=O) groups excluding carboxylic acids is 3. The molecule has 2 amide bonds. The first kappa shape index (κ1) is 19.6. The lowest BCUT2D eigenvalue weighted by molar-refractivity contribution is -0.114. The van der Waals surface area contributed by atoms with Crippen LogP contribution in [0.4, 0.5) is 11.4 Å². The third-order valence-corrected chi connectivity index (χ3v) is 5.09. The van der Waals surface area contributed by atoms with Crippen LogP contribution in [0.2, 0.25) is 0 Å². The highest BCUT2D eigenvalue weighted by molar-refractivity contribution is 6.26. The SMILES string of the molecule is CCCCOC(=O)c1ccc(NC(=O)CN2C(=O)c3cccc4cccc2c34)cc1. The van der Waals surface area contributed by atoms with Gasteiger partial charge in [-0.25, -0.2) is 4.79 Å². The lowest BCUT2D eigenvalue weighted by Crippen LogP contribution is -2.35. The zero-order valence-corrected chi connectivity index (χ0v) is 16.7. The molecule has 0 aliphatic carbocycles. The molecule has 0 saturated carbocycles. The van der Waals surface area contributed by atoms with Crippen molar-refractivity contribution in [3.05, 3.63) is 71.8 Å². The predicted octanol–water partition coefficient (Wildman–Crippen LogP) is 4.40. The molecular formula is C24H22N2O4. The second-order valence-corrected chi connectivity index (χ2v) is 7.19. The molecule has 1 N–H and O–H groups in total. The highest BCUT2D eigenvalue weighted by atomic mass is 16.5. The van der Waals surface area contributed by atoms with E-state index < -0.39 is 0 Å². The van der Waals surface area contributed by atoms with E-state index in [1.165, 1.54) is 4.90 Å². The lowest BCUT2D eigenvalue weighted by atomic mass is 10.1. The van der Waals surface area contributed by atoms with Gasteiger partial charge in [-0.3, -0.25) is 14.5 Å². The van der Waals surface area contributed by atoms with Crippen LogP contribution < -0.4 is 10.2 Å². The van der Waals surface area contributed by atoms with Gasteiger partial charge in [0.2, 0.25) is 5.91 Å². The number of amides is 2. The average molecular weight is 402 g/mol. The number of unbranched alkanes of at least 4 members (excludes halogenated alkanes) is 1. The van der Waals surface area contributed by atoms with Gasteiger partial charge in [0.1, 0.15) is 6.54 Å². The van der Waals surface area contributed by atoms with Crippen molar-refractivity contribution in [3.8, 4) is 0 Å². The second-order valence-electron chi connectivity index (χ2n) is 7.19. The number of rotatable bonds is 7. The fourth-order valence-electron chi connectivity index (χ4n) is 3.56.